The Bertz CT molecular complexity index is 2170. The first kappa shape index (κ1) is 43.8. The minimum atomic E-state index is -4.66. The largest absolute Gasteiger partial charge is 0.744 e. The van der Waals surface area contributed by atoms with E-state index in [1.165, 1.54) is 47.4 Å². The van der Waals surface area contributed by atoms with Crippen molar-refractivity contribution in [2.75, 3.05) is 18.1 Å². The van der Waals surface area contributed by atoms with Gasteiger partial charge in [0.05, 0.1) is 35.7 Å². The van der Waals surface area contributed by atoms with Crippen LogP contribution in [0.2, 0.25) is 0 Å². The first-order chi connectivity index (χ1) is 27.5. The first-order valence-electron chi connectivity index (χ1n) is 18.1. The Hall–Kier alpha value is -5.31. The molecule has 0 aliphatic carbocycles. The Balaban J connectivity index is 1.26. The van der Waals surface area contributed by atoms with Crippen LogP contribution in [0.25, 0.3) is 11.1 Å². The highest BCUT2D eigenvalue weighted by Gasteiger charge is 2.49. The maximum Gasteiger partial charge on any atom is 0.233 e. The third kappa shape index (κ3) is 10.6. The normalized spacial score (nSPS) is 18.1. The molecule has 0 bridgehead atoms. The zero-order chi connectivity index (χ0) is 42.3. The number of aliphatic hydroxyl groups excluding tert-OH is 6. The number of nitrogens with zero attached hydrogens (tertiary/aromatic N) is 1. The molecule has 58 heavy (non-hydrogen) atoms. The molecule has 1 fully saturated rings. The van der Waals surface area contributed by atoms with Crippen molar-refractivity contribution >= 4 is 33.5 Å². The summed E-state index contributed by atoms with van der Waals surface area (Å²) in [5.74, 6) is -3.09. The van der Waals surface area contributed by atoms with Gasteiger partial charge in [-0.3, -0.25) is 14.4 Å². The van der Waals surface area contributed by atoms with E-state index >= 15 is 0 Å². The molecule has 0 radical (unpaired) electrons. The summed E-state index contributed by atoms with van der Waals surface area (Å²) in [5, 5.41) is 74.7. The highest BCUT2D eigenvalue weighted by Crippen LogP contribution is 2.49. The lowest BCUT2D eigenvalue weighted by Crippen LogP contribution is -2.55. The van der Waals surface area contributed by atoms with E-state index in [1.54, 1.807) is 36.4 Å². The number of rotatable bonds is 18. The van der Waals surface area contributed by atoms with Gasteiger partial charge in [-0.2, -0.15) is 0 Å². The predicted octanol–water partition coefficient (Wildman–Crippen LogP) is 0.879. The van der Waals surface area contributed by atoms with Crippen molar-refractivity contribution < 1.29 is 67.5 Å². The summed E-state index contributed by atoms with van der Waals surface area (Å²) in [6.07, 6.45) is -8.46. The highest BCUT2D eigenvalue weighted by molar-refractivity contribution is 7.85. The van der Waals surface area contributed by atoms with Crippen molar-refractivity contribution in [2.24, 2.45) is 5.92 Å². The van der Waals surface area contributed by atoms with Crippen molar-refractivity contribution in [3.05, 3.63) is 114 Å². The summed E-state index contributed by atoms with van der Waals surface area (Å²) in [7, 11) is -4.66. The molecule has 1 aliphatic heterocycles. The van der Waals surface area contributed by atoms with Crippen molar-refractivity contribution in [1.82, 2.24) is 10.6 Å². The highest BCUT2D eigenvalue weighted by atomic mass is 32.2. The number of carbonyl (C=O) groups excluding carboxylic acids is 3. The molecule has 310 valence electrons. The number of phenols is 1. The summed E-state index contributed by atoms with van der Waals surface area (Å²) in [6, 6.07) is 21.2. The number of aliphatic hydroxyl groups is 6. The molecule has 18 heteroatoms. The summed E-state index contributed by atoms with van der Waals surface area (Å²) < 4.78 is 47.6. The Morgan fingerprint density at radius 3 is 2.02 bits per heavy atom. The second-order valence-electron chi connectivity index (χ2n) is 13.9. The zero-order valence-corrected chi connectivity index (χ0v) is 31.6. The quantitative estimate of drug-likeness (QED) is 0.0384. The number of benzene rings is 4. The third-order valence-electron chi connectivity index (χ3n) is 9.90. The predicted molar refractivity (Wildman–Crippen MR) is 203 cm³/mol. The number of phenolic OH excluding ortho intramolecular Hbond substituents is 1. The van der Waals surface area contributed by atoms with Crippen LogP contribution in [0.1, 0.15) is 48.1 Å². The third-order valence-corrected chi connectivity index (χ3v) is 10.8. The van der Waals surface area contributed by atoms with E-state index in [1.807, 2.05) is 0 Å². The van der Waals surface area contributed by atoms with Crippen LogP contribution in [-0.4, -0.2) is 104 Å². The minimum Gasteiger partial charge on any atom is -0.744 e. The van der Waals surface area contributed by atoms with E-state index in [4.69, 9.17) is 5.11 Å². The summed E-state index contributed by atoms with van der Waals surface area (Å²) >= 11 is 0. The molecule has 3 amide bonds. The van der Waals surface area contributed by atoms with Gasteiger partial charge in [0.25, 0.3) is 0 Å². The smallest absolute Gasteiger partial charge is 0.233 e. The van der Waals surface area contributed by atoms with Gasteiger partial charge < -0.3 is 55.8 Å². The summed E-state index contributed by atoms with van der Waals surface area (Å²) in [4.78, 5) is 39.5. The number of anilines is 1. The van der Waals surface area contributed by atoms with Gasteiger partial charge in [0.1, 0.15) is 46.4 Å². The average molecular weight is 825 g/mol. The second-order valence-corrected chi connectivity index (χ2v) is 15.3. The molecule has 4 aromatic rings. The van der Waals surface area contributed by atoms with Gasteiger partial charge in [0, 0.05) is 24.3 Å². The van der Waals surface area contributed by atoms with Crippen LogP contribution in [0.3, 0.4) is 0 Å². The summed E-state index contributed by atoms with van der Waals surface area (Å²) in [6.45, 7) is -1.43. The number of β-lactam (4-membered cyclic amide) rings is 1. The molecule has 4 aromatic carbocycles. The van der Waals surface area contributed by atoms with Gasteiger partial charge in [0.2, 0.25) is 17.7 Å². The van der Waals surface area contributed by atoms with E-state index in [-0.39, 0.29) is 31.0 Å². The lowest BCUT2D eigenvalue weighted by atomic mass is 9.77. The maximum atomic E-state index is 13.7. The van der Waals surface area contributed by atoms with Gasteiger partial charge in [-0.15, -0.1) is 0 Å². The molecule has 1 heterocycles. The molecule has 9 N–H and O–H groups in total. The Morgan fingerprint density at radius 1 is 0.810 bits per heavy atom. The van der Waals surface area contributed by atoms with Crippen molar-refractivity contribution in [3.63, 3.8) is 0 Å². The Kier molecular flexibility index (Phi) is 14.3. The number of nitrogens with one attached hydrogen (secondary N) is 2. The van der Waals surface area contributed by atoms with Crippen LogP contribution in [0, 0.1) is 11.7 Å². The van der Waals surface area contributed by atoms with E-state index in [0.717, 1.165) is 12.1 Å². The topological polar surface area (TPSA) is 277 Å². The molecule has 0 saturated carbocycles. The van der Waals surface area contributed by atoms with Gasteiger partial charge in [-0.25, -0.2) is 12.8 Å². The van der Waals surface area contributed by atoms with Gasteiger partial charge in [-0.05, 0) is 77.6 Å². The summed E-state index contributed by atoms with van der Waals surface area (Å²) in [5.41, 5.74) is 2.93. The number of amides is 3. The molecular weight excluding hydrogens is 782 g/mol. The van der Waals surface area contributed by atoms with E-state index in [9.17, 15) is 62.4 Å². The fourth-order valence-electron chi connectivity index (χ4n) is 6.60. The molecule has 0 spiro atoms. The number of carbonyl (C=O) groups is 3. The van der Waals surface area contributed by atoms with Gasteiger partial charge in [-0.1, -0.05) is 48.5 Å². The van der Waals surface area contributed by atoms with Crippen molar-refractivity contribution in [2.45, 2.75) is 67.3 Å². The van der Waals surface area contributed by atoms with Crippen molar-refractivity contribution in [3.8, 4) is 16.9 Å². The van der Waals surface area contributed by atoms with Crippen LogP contribution in [-0.2, 0) is 31.0 Å². The molecular formula is C40H43FN3O13S-. The number of hydrogen-bond donors (Lipinski definition) is 9. The standard InChI is InChI=1S/C40H44FN3O13S/c41-26-8-3-24(4-9-26)31(46)16-15-30-37(29-14-7-25(17-32(29)47)23-5-12-28(13-6-23)58(55,56)57)44(40(30)54)27-10-1-22(2-11-27)19-42-35(50)18-36(51)43-20-33(48)38(52)39(53)34(49)21-45/h1-14,17,30-31,33-34,37-39,45-49,52-53H,15-16,18-21H2,(H,42,50)(H,43,51)(H,55,56,57)/p-1/t30-,31+,33+,34-,37-,38-,39-/m1/s1. The maximum absolute atomic E-state index is 13.7. The monoisotopic (exact) mass is 824 g/mol. The number of hydrogen-bond acceptors (Lipinski definition) is 13. The molecule has 5 rings (SSSR count). The fourth-order valence-corrected chi connectivity index (χ4v) is 7.07. The molecule has 0 aromatic heterocycles. The number of halogens is 1. The van der Waals surface area contributed by atoms with Crippen LogP contribution < -0.4 is 15.5 Å². The first-order valence-corrected chi connectivity index (χ1v) is 19.5. The van der Waals surface area contributed by atoms with Crippen LogP contribution in [0.5, 0.6) is 5.75 Å². The van der Waals surface area contributed by atoms with E-state index in [0.29, 0.717) is 33.5 Å². The lowest BCUT2D eigenvalue weighted by Gasteiger charge is -2.48. The van der Waals surface area contributed by atoms with Gasteiger partial charge in [0.15, 0.2) is 0 Å². The Morgan fingerprint density at radius 2 is 1.41 bits per heavy atom. The zero-order valence-electron chi connectivity index (χ0n) is 30.8. The number of aromatic hydroxyl groups is 1. The molecule has 1 saturated heterocycles. The van der Waals surface area contributed by atoms with Crippen molar-refractivity contribution in [1.29, 1.82) is 0 Å². The molecule has 1 aliphatic rings. The van der Waals surface area contributed by atoms with E-state index in [2.05, 4.69) is 10.6 Å². The lowest BCUT2D eigenvalue weighted by molar-refractivity contribution is -0.132. The van der Waals surface area contributed by atoms with E-state index < -0.39 is 94.7 Å². The SMILES string of the molecule is O=C(CC(=O)NC[C@H](O)[C@@H](O)[C@H](O)[C@H](O)CO)NCc1ccc(N2C(=O)[C@H](CC[C@H](O)c3ccc(F)cc3)[C@H]2c2ccc(-c3ccc(S(=O)(=O)[O-])cc3)cc2O)cc1. The molecule has 7 atom stereocenters. The molecule has 0 unspecified atom stereocenters. The fraction of sp³-hybridized carbons (Fsp3) is 0.325. The van der Waals surface area contributed by atoms with Crippen LogP contribution in [0.4, 0.5) is 10.1 Å². The average Bonchev–Trinajstić information content (AvgIpc) is 3.20. The van der Waals surface area contributed by atoms with Crippen LogP contribution >= 0.6 is 0 Å². The second kappa shape index (κ2) is 19.0. The van der Waals surface area contributed by atoms with Crippen LogP contribution in [0.15, 0.2) is 95.9 Å². The minimum absolute atomic E-state index is 0.00970. The van der Waals surface area contributed by atoms with Gasteiger partial charge >= 0.3 is 0 Å². The molecule has 16 nitrogen and oxygen atoms in total. The Labute approximate surface area is 332 Å².